The molecule has 0 unspecified atom stereocenters. The van der Waals surface area contributed by atoms with Crippen LogP contribution >= 0.6 is 0 Å². The number of rotatable bonds is 8. The first kappa shape index (κ1) is 31.8. The molecule has 14 nitrogen and oxygen atoms in total. The number of H-pyrrole nitrogens is 1. The number of aromatic nitrogens is 13. The minimum absolute atomic E-state index is 0.0472. The van der Waals surface area contributed by atoms with Gasteiger partial charge in [-0.2, -0.15) is 10.2 Å². The molecule has 0 aliphatic heterocycles. The summed E-state index contributed by atoms with van der Waals surface area (Å²) in [6.45, 7) is 1.79. The Morgan fingerprint density at radius 2 is 1.36 bits per heavy atom. The fourth-order valence-electron chi connectivity index (χ4n) is 6.27. The average Bonchev–Trinajstić information content (AvgIpc) is 4.04. The molecule has 0 spiro atoms. The molecule has 0 saturated carbocycles. The number of nitrogens with one attached hydrogen (secondary N) is 1. The predicted molar refractivity (Wildman–Crippen MR) is 200 cm³/mol. The third-order valence-corrected chi connectivity index (χ3v) is 8.89. The number of nitrogens with zero attached hydrogens (tertiary/aromatic N) is 12. The Morgan fingerprint density at radius 1 is 0.660 bits per heavy atom. The van der Waals surface area contributed by atoms with Crippen LogP contribution in [0.15, 0.2) is 128 Å². The molecular weight excluding hydrogens is 667 g/mol. The molecule has 2 N–H and O–H groups in total. The van der Waals surface area contributed by atoms with Crippen molar-refractivity contribution >= 4 is 44.1 Å². The molecule has 14 heteroatoms. The van der Waals surface area contributed by atoms with Crippen molar-refractivity contribution in [3.63, 3.8) is 0 Å². The monoisotopic (exact) mass is 697 g/mol. The van der Waals surface area contributed by atoms with Crippen LogP contribution in [0.1, 0.15) is 11.1 Å². The fourth-order valence-corrected chi connectivity index (χ4v) is 6.27. The van der Waals surface area contributed by atoms with Gasteiger partial charge in [0, 0.05) is 46.7 Å². The first-order chi connectivity index (χ1) is 26.2. The Balaban J connectivity index is 0.000000141. The number of benzene rings is 2. The van der Waals surface area contributed by atoms with E-state index in [0.717, 1.165) is 72.2 Å². The van der Waals surface area contributed by atoms with Crippen molar-refractivity contribution in [2.75, 3.05) is 6.61 Å². The smallest absolute Gasteiger partial charge is 0.179 e. The molecule has 53 heavy (non-hydrogen) atoms. The van der Waals surface area contributed by atoms with Crippen molar-refractivity contribution in [3.05, 3.63) is 140 Å². The van der Waals surface area contributed by atoms with Crippen molar-refractivity contribution < 1.29 is 5.11 Å². The number of hydrogen-bond donors (Lipinski definition) is 2. The van der Waals surface area contributed by atoms with Crippen molar-refractivity contribution in [3.8, 4) is 22.5 Å². The van der Waals surface area contributed by atoms with E-state index in [1.807, 2.05) is 85.6 Å². The van der Waals surface area contributed by atoms with E-state index in [-0.39, 0.29) is 6.61 Å². The van der Waals surface area contributed by atoms with E-state index in [0.29, 0.717) is 19.6 Å². The number of aliphatic hydroxyl groups excluding tert-OH is 1. The highest BCUT2D eigenvalue weighted by molar-refractivity contribution is 5.80. The number of pyridine rings is 4. The normalized spacial score (nSPS) is 11.4. The van der Waals surface area contributed by atoms with Crippen LogP contribution in [0.25, 0.3) is 66.6 Å². The van der Waals surface area contributed by atoms with Crippen LogP contribution in [0.2, 0.25) is 0 Å². The number of fused-ring (bicyclic) bond motifs is 4. The van der Waals surface area contributed by atoms with Gasteiger partial charge in [0.1, 0.15) is 11.0 Å². The first-order valence-electron chi connectivity index (χ1n) is 17.0. The maximum Gasteiger partial charge on any atom is 0.179 e. The second kappa shape index (κ2) is 13.8. The molecule has 0 saturated heterocycles. The topological polar surface area (TPSA) is 167 Å². The molecule has 8 aromatic heterocycles. The minimum atomic E-state index is 0.0472. The van der Waals surface area contributed by atoms with Gasteiger partial charge in [-0.25, -0.2) is 19.6 Å². The summed E-state index contributed by atoms with van der Waals surface area (Å²) in [5.74, 6) is 0. The zero-order valence-corrected chi connectivity index (χ0v) is 28.3. The molecule has 0 aliphatic rings. The number of hydrogen-bond acceptors (Lipinski definition) is 10. The third kappa shape index (κ3) is 6.57. The molecule has 10 aromatic rings. The standard InChI is InChI=1S/C20H17N7O.C19H14N6/c28-9-8-26-13-16(11-22-26)18-5-6-19-20(23-18)27(25-24-19)12-14-3-4-17-15(10-14)2-1-7-21-17;1-2-14-8-13(3-4-16(14)20-7-1)11-25-12-21-18-6-5-17(24-19(18)25)15-9-22-23-10-15/h1-7,10-11,13,28H,8-9,12H2;1-10,12H,11H2,(H,22,23). The van der Waals surface area contributed by atoms with Gasteiger partial charge in [0.15, 0.2) is 11.3 Å². The lowest BCUT2D eigenvalue weighted by atomic mass is 10.1. The molecule has 0 bridgehead atoms. The molecule has 0 aliphatic carbocycles. The highest BCUT2D eigenvalue weighted by atomic mass is 16.3. The van der Waals surface area contributed by atoms with Gasteiger partial charge < -0.3 is 9.67 Å². The van der Waals surface area contributed by atoms with Crippen LogP contribution < -0.4 is 0 Å². The van der Waals surface area contributed by atoms with Crippen LogP contribution in [-0.2, 0) is 19.6 Å². The van der Waals surface area contributed by atoms with Gasteiger partial charge in [0.05, 0.1) is 67.4 Å². The summed E-state index contributed by atoms with van der Waals surface area (Å²) in [5.41, 5.74) is 11.0. The van der Waals surface area contributed by atoms with Gasteiger partial charge in [0.2, 0.25) is 0 Å². The second-order valence-electron chi connectivity index (χ2n) is 12.5. The molecule has 0 amide bonds. The summed E-state index contributed by atoms with van der Waals surface area (Å²) in [6.07, 6.45) is 12.7. The SMILES string of the molecule is OCCn1cc(-c2ccc3nnn(Cc4ccc5ncccc5c4)c3n2)cn1.c1cnc2ccc(Cn3cnc4ccc(-c5cn[nH]c5)nc43)cc2c1. The van der Waals surface area contributed by atoms with Gasteiger partial charge in [-0.3, -0.25) is 19.7 Å². The van der Waals surface area contributed by atoms with E-state index >= 15 is 0 Å². The van der Waals surface area contributed by atoms with Gasteiger partial charge in [-0.1, -0.05) is 29.5 Å². The average molecular weight is 698 g/mol. The molecule has 0 fully saturated rings. The molecule has 2 aromatic carbocycles. The summed E-state index contributed by atoms with van der Waals surface area (Å²) >= 11 is 0. The van der Waals surface area contributed by atoms with Crippen molar-refractivity contribution in [1.29, 1.82) is 0 Å². The maximum absolute atomic E-state index is 9.06. The summed E-state index contributed by atoms with van der Waals surface area (Å²) in [5, 5.41) is 30.8. The predicted octanol–water partition coefficient (Wildman–Crippen LogP) is 5.70. The van der Waals surface area contributed by atoms with Crippen LogP contribution in [-0.4, -0.2) is 76.2 Å². The van der Waals surface area contributed by atoms with Gasteiger partial charge in [0.25, 0.3) is 0 Å². The highest BCUT2D eigenvalue weighted by Gasteiger charge is 2.12. The number of aromatic amines is 1. The summed E-state index contributed by atoms with van der Waals surface area (Å²) in [7, 11) is 0. The fraction of sp³-hybridized carbons (Fsp3) is 0.103. The van der Waals surface area contributed by atoms with Gasteiger partial charge >= 0.3 is 0 Å². The Morgan fingerprint density at radius 3 is 2.09 bits per heavy atom. The molecule has 10 rings (SSSR count). The lowest BCUT2D eigenvalue weighted by Crippen LogP contribution is -2.03. The molecule has 258 valence electrons. The van der Waals surface area contributed by atoms with Crippen molar-refractivity contribution in [2.45, 2.75) is 19.6 Å². The quantitative estimate of drug-likeness (QED) is 0.201. The van der Waals surface area contributed by atoms with Gasteiger partial charge in [-0.15, -0.1) is 5.10 Å². The Bertz CT molecular complexity index is 2840. The molecule has 0 radical (unpaired) electrons. The van der Waals surface area contributed by atoms with Crippen molar-refractivity contribution in [2.24, 2.45) is 0 Å². The molecular formula is C39H31N13O. The lowest BCUT2D eigenvalue weighted by molar-refractivity contribution is 0.269. The van der Waals surface area contributed by atoms with Crippen LogP contribution in [0.3, 0.4) is 0 Å². The number of aliphatic hydroxyl groups is 1. The van der Waals surface area contributed by atoms with Crippen molar-refractivity contribution in [1.82, 2.24) is 64.5 Å². The van der Waals surface area contributed by atoms with E-state index in [1.54, 1.807) is 28.0 Å². The Hall–Kier alpha value is -7.19. The summed E-state index contributed by atoms with van der Waals surface area (Å²) < 4.78 is 5.56. The van der Waals surface area contributed by atoms with Crippen LogP contribution in [0.4, 0.5) is 0 Å². The van der Waals surface area contributed by atoms with E-state index < -0.39 is 0 Å². The Labute approximate surface area is 301 Å². The van der Waals surface area contributed by atoms with Gasteiger partial charge in [-0.05, 0) is 71.8 Å². The maximum atomic E-state index is 9.06. The second-order valence-corrected chi connectivity index (χ2v) is 12.5. The highest BCUT2D eigenvalue weighted by Crippen LogP contribution is 2.23. The molecule has 8 heterocycles. The summed E-state index contributed by atoms with van der Waals surface area (Å²) in [4.78, 5) is 22.7. The largest absolute Gasteiger partial charge is 0.394 e. The van der Waals surface area contributed by atoms with E-state index in [9.17, 15) is 0 Å². The van der Waals surface area contributed by atoms with Crippen LogP contribution in [0, 0.1) is 0 Å². The number of imidazole rings is 1. The lowest BCUT2D eigenvalue weighted by Gasteiger charge is -2.06. The van der Waals surface area contributed by atoms with E-state index in [4.69, 9.17) is 15.1 Å². The first-order valence-corrected chi connectivity index (χ1v) is 17.0. The third-order valence-electron chi connectivity index (χ3n) is 8.89. The van der Waals surface area contributed by atoms with E-state index in [1.165, 1.54) is 5.56 Å². The van der Waals surface area contributed by atoms with E-state index in [2.05, 4.69) is 69.4 Å². The minimum Gasteiger partial charge on any atom is -0.394 e. The zero-order chi connectivity index (χ0) is 35.6. The summed E-state index contributed by atoms with van der Waals surface area (Å²) in [6, 6.07) is 28.3. The molecule has 0 atom stereocenters. The zero-order valence-electron chi connectivity index (χ0n) is 28.3. The van der Waals surface area contributed by atoms with Crippen LogP contribution in [0.5, 0.6) is 0 Å². The Kier molecular flexibility index (Phi) is 8.30.